The normalized spacial score (nSPS) is 28.2. The van der Waals surface area contributed by atoms with Crippen LogP contribution in [-0.2, 0) is 4.79 Å². The molecule has 2 N–H and O–H groups in total. The molecule has 1 saturated heterocycles. The molecule has 0 spiro atoms. The van der Waals surface area contributed by atoms with Crippen molar-refractivity contribution in [1.82, 2.24) is 10.2 Å². The van der Waals surface area contributed by atoms with E-state index >= 15 is 0 Å². The van der Waals surface area contributed by atoms with E-state index < -0.39 is 0 Å². The molecular formula is C12H22N2O2. The van der Waals surface area contributed by atoms with E-state index in [1.54, 1.807) is 0 Å². The summed E-state index contributed by atoms with van der Waals surface area (Å²) in [6, 6.07) is 0.405. The summed E-state index contributed by atoms with van der Waals surface area (Å²) in [7, 11) is 0. The number of carbonyl (C=O) groups is 1. The molecule has 4 heteroatoms. The number of amides is 1. The maximum atomic E-state index is 11.7. The SMILES string of the molecule is O=C(CN1CCC[C@H](O)C1)NC1CCCC1. The molecule has 92 valence electrons. The molecule has 4 nitrogen and oxygen atoms in total. The Bertz CT molecular complexity index is 239. The van der Waals surface area contributed by atoms with Crippen molar-refractivity contribution in [3.8, 4) is 0 Å². The van der Waals surface area contributed by atoms with Gasteiger partial charge in [0.05, 0.1) is 12.6 Å². The molecule has 1 heterocycles. The molecule has 1 saturated carbocycles. The monoisotopic (exact) mass is 226 g/mol. The lowest BCUT2D eigenvalue weighted by molar-refractivity contribution is -0.123. The maximum Gasteiger partial charge on any atom is 0.234 e. The average Bonchev–Trinajstić information content (AvgIpc) is 2.70. The van der Waals surface area contributed by atoms with Gasteiger partial charge in [0.1, 0.15) is 0 Å². The van der Waals surface area contributed by atoms with E-state index in [0.717, 1.165) is 32.2 Å². The first-order valence-electron chi connectivity index (χ1n) is 6.44. The van der Waals surface area contributed by atoms with Gasteiger partial charge in [0.15, 0.2) is 0 Å². The van der Waals surface area contributed by atoms with Crippen molar-refractivity contribution in [3.05, 3.63) is 0 Å². The van der Waals surface area contributed by atoms with Crippen molar-refractivity contribution in [2.24, 2.45) is 0 Å². The van der Waals surface area contributed by atoms with Gasteiger partial charge in [-0.1, -0.05) is 12.8 Å². The molecule has 1 amide bonds. The molecule has 1 aliphatic heterocycles. The second kappa shape index (κ2) is 5.64. The minimum absolute atomic E-state index is 0.126. The largest absolute Gasteiger partial charge is 0.392 e. The van der Waals surface area contributed by atoms with Crippen LogP contribution in [0.5, 0.6) is 0 Å². The van der Waals surface area contributed by atoms with Crippen LogP contribution in [0, 0.1) is 0 Å². The van der Waals surface area contributed by atoms with Gasteiger partial charge in [0.25, 0.3) is 0 Å². The zero-order valence-corrected chi connectivity index (χ0v) is 9.82. The third kappa shape index (κ3) is 3.46. The van der Waals surface area contributed by atoms with Crippen molar-refractivity contribution in [2.45, 2.75) is 50.7 Å². The number of hydrogen-bond acceptors (Lipinski definition) is 3. The van der Waals surface area contributed by atoms with Gasteiger partial charge >= 0.3 is 0 Å². The highest BCUT2D eigenvalue weighted by Crippen LogP contribution is 2.17. The number of likely N-dealkylation sites (tertiary alicyclic amines) is 1. The number of aliphatic hydroxyl groups excluding tert-OH is 1. The second-order valence-electron chi connectivity index (χ2n) is 5.08. The van der Waals surface area contributed by atoms with E-state index in [4.69, 9.17) is 0 Å². The molecule has 0 bridgehead atoms. The van der Waals surface area contributed by atoms with Crippen LogP contribution in [0.3, 0.4) is 0 Å². The summed E-state index contributed by atoms with van der Waals surface area (Å²) < 4.78 is 0. The molecule has 2 rings (SSSR count). The van der Waals surface area contributed by atoms with E-state index in [1.807, 2.05) is 0 Å². The van der Waals surface area contributed by atoms with Crippen LogP contribution in [0.15, 0.2) is 0 Å². The van der Waals surface area contributed by atoms with Crippen molar-refractivity contribution >= 4 is 5.91 Å². The molecular weight excluding hydrogens is 204 g/mol. The zero-order valence-electron chi connectivity index (χ0n) is 9.82. The van der Waals surface area contributed by atoms with E-state index in [1.165, 1.54) is 12.8 Å². The first-order chi connectivity index (χ1) is 7.74. The fourth-order valence-corrected chi connectivity index (χ4v) is 2.72. The highest BCUT2D eigenvalue weighted by molar-refractivity contribution is 5.78. The number of piperidine rings is 1. The third-order valence-corrected chi connectivity index (χ3v) is 3.57. The smallest absolute Gasteiger partial charge is 0.234 e. The van der Waals surface area contributed by atoms with Crippen LogP contribution in [0.25, 0.3) is 0 Å². The number of rotatable bonds is 3. The van der Waals surface area contributed by atoms with Crippen molar-refractivity contribution in [3.63, 3.8) is 0 Å². The summed E-state index contributed by atoms with van der Waals surface area (Å²) in [6.07, 6.45) is 6.38. The zero-order chi connectivity index (χ0) is 11.4. The Morgan fingerprint density at radius 2 is 2.00 bits per heavy atom. The Kier molecular flexibility index (Phi) is 4.18. The average molecular weight is 226 g/mol. The van der Waals surface area contributed by atoms with Crippen LogP contribution in [0.4, 0.5) is 0 Å². The van der Waals surface area contributed by atoms with E-state index in [0.29, 0.717) is 19.1 Å². The Labute approximate surface area is 97.0 Å². The fourth-order valence-electron chi connectivity index (χ4n) is 2.72. The molecule has 0 unspecified atom stereocenters. The van der Waals surface area contributed by atoms with Gasteiger partial charge in [-0.05, 0) is 32.2 Å². The molecule has 0 radical (unpaired) electrons. The van der Waals surface area contributed by atoms with Gasteiger partial charge < -0.3 is 10.4 Å². The standard InChI is InChI=1S/C12H22N2O2/c15-11-6-3-7-14(8-11)9-12(16)13-10-4-1-2-5-10/h10-11,15H,1-9H2,(H,13,16)/t11-/m0/s1. The molecule has 1 aliphatic carbocycles. The van der Waals surface area contributed by atoms with E-state index in [2.05, 4.69) is 10.2 Å². The first-order valence-corrected chi connectivity index (χ1v) is 6.44. The molecule has 2 aliphatic rings. The highest BCUT2D eigenvalue weighted by atomic mass is 16.3. The number of carbonyl (C=O) groups excluding carboxylic acids is 1. The minimum atomic E-state index is -0.243. The molecule has 1 atom stereocenters. The molecule has 0 aromatic heterocycles. The van der Waals surface area contributed by atoms with E-state index in [9.17, 15) is 9.90 Å². The summed E-state index contributed by atoms with van der Waals surface area (Å²) in [5, 5.41) is 12.6. The number of nitrogens with one attached hydrogen (secondary N) is 1. The van der Waals surface area contributed by atoms with Crippen LogP contribution in [-0.4, -0.2) is 47.7 Å². The molecule has 0 aromatic rings. The Balaban J connectivity index is 1.69. The maximum absolute atomic E-state index is 11.7. The van der Waals surface area contributed by atoms with Crippen LogP contribution < -0.4 is 5.32 Å². The van der Waals surface area contributed by atoms with Crippen molar-refractivity contribution < 1.29 is 9.90 Å². The third-order valence-electron chi connectivity index (χ3n) is 3.57. The van der Waals surface area contributed by atoms with Crippen LogP contribution in [0.1, 0.15) is 38.5 Å². The Morgan fingerprint density at radius 1 is 1.25 bits per heavy atom. The summed E-state index contributed by atoms with van der Waals surface area (Å²) in [5.41, 5.74) is 0. The van der Waals surface area contributed by atoms with Crippen molar-refractivity contribution in [2.75, 3.05) is 19.6 Å². The van der Waals surface area contributed by atoms with Crippen LogP contribution in [0.2, 0.25) is 0 Å². The fraction of sp³-hybridized carbons (Fsp3) is 0.917. The lowest BCUT2D eigenvalue weighted by Gasteiger charge is -2.29. The highest BCUT2D eigenvalue weighted by Gasteiger charge is 2.22. The minimum Gasteiger partial charge on any atom is -0.392 e. The topological polar surface area (TPSA) is 52.6 Å². The first kappa shape index (κ1) is 11.9. The molecule has 0 aromatic carbocycles. The number of hydrogen-bond donors (Lipinski definition) is 2. The van der Waals surface area contributed by atoms with E-state index in [-0.39, 0.29) is 12.0 Å². The van der Waals surface area contributed by atoms with Crippen LogP contribution >= 0.6 is 0 Å². The number of nitrogens with zero attached hydrogens (tertiary/aromatic N) is 1. The summed E-state index contributed by atoms with van der Waals surface area (Å²) >= 11 is 0. The summed E-state index contributed by atoms with van der Waals surface area (Å²) in [5.74, 6) is 0.126. The Hall–Kier alpha value is -0.610. The van der Waals surface area contributed by atoms with Gasteiger partial charge in [-0.2, -0.15) is 0 Å². The summed E-state index contributed by atoms with van der Waals surface area (Å²) in [4.78, 5) is 13.8. The number of aliphatic hydroxyl groups is 1. The van der Waals surface area contributed by atoms with Crippen molar-refractivity contribution in [1.29, 1.82) is 0 Å². The van der Waals surface area contributed by atoms with Gasteiger partial charge in [0, 0.05) is 12.6 Å². The lowest BCUT2D eigenvalue weighted by atomic mass is 10.1. The quantitative estimate of drug-likeness (QED) is 0.737. The predicted molar refractivity (Wildman–Crippen MR) is 62.1 cm³/mol. The Morgan fingerprint density at radius 3 is 2.69 bits per heavy atom. The molecule has 2 fully saturated rings. The second-order valence-corrected chi connectivity index (χ2v) is 5.08. The summed E-state index contributed by atoms with van der Waals surface area (Å²) in [6.45, 7) is 2.04. The van der Waals surface area contributed by atoms with Gasteiger partial charge in [-0.3, -0.25) is 9.69 Å². The number of β-amino-alcohol motifs (C(OH)–C–C–N with tert-alkyl or cyclic N) is 1. The van der Waals surface area contributed by atoms with Gasteiger partial charge in [0.2, 0.25) is 5.91 Å². The van der Waals surface area contributed by atoms with Gasteiger partial charge in [-0.25, -0.2) is 0 Å². The molecule has 16 heavy (non-hydrogen) atoms. The van der Waals surface area contributed by atoms with Gasteiger partial charge in [-0.15, -0.1) is 0 Å². The lowest BCUT2D eigenvalue weighted by Crippen LogP contribution is -2.45. The predicted octanol–water partition coefficient (Wildman–Crippen LogP) is 0.502.